The van der Waals surface area contributed by atoms with E-state index >= 15 is 0 Å². The van der Waals surface area contributed by atoms with E-state index in [-0.39, 0.29) is 11.8 Å². The van der Waals surface area contributed by atoms with Crippen LogP contribution in [0.15, 0.2) is 42.5 Å². The van der Waals surface area contributed by atoms with Gasteiger partial charge in [-0.05, 0) is 62.1 Å². The Morgan fingerprint density at radius 3 is 2.68 bits per heavy atom. The van der Waals surface area contributed by atoms with E-state index in [9.17, 15) is 9.59 Å². The van der Waals surface area contributed by atoms with Crippen LogP contribution in [0.5, 0.6) is 0 Å². The van der Waals surface area contributed by atoms with E-state index in [1.807, 2.05) is 13.0 Å². The molecule has 0 spiro atoms. The minimum atomic E-state index is -0.405. The lowest BCUT2D eigenvalue weighted by Crippen LogP contribution is -2.40. The van der Waals surface area contributed by atoms with Gasteiger partial charge in [0.15, 0.2) is 0 Å². The molecule has 0 bridgehead atoms. The van der Waals surface area contributed by atoms with E-state index in [1.54, 1.807) is 12.1 Å². The maximum Gasteiger partial charge on any atom is 0.337 e. The monoisotopic (exact) mass is 380 g/mol. The van der Waals surface area contributed by atoms with Gasteiger partial charge in [-0.15, -0.1) is 0 Å². The first kappa shape index (κ1) is 20.1. The van der Waals surface area contributed by atoms with Crippen molar-refractivity contribution in [3.63, 3.8) is 0 Å². The molecule has 5 heteroatoms. The van der Waals surface area contributed by atoms with Crippen LogP contribution in [-0.4, -0.2) is 37.0 Å². The standard InChI is InChI=1S/C23H28N2O3/c1-16-7-4-5-8-19(16)14-25-12-6-9-20(15-25)22(26)24-21-13-18(23(27)28-3)11-10-17(21)2/h4-5,7-8,10-11,13,20H,6,9,12,14-15H2,1-3H3,(H,24,26). The van der Waals surface area contributed by atoms with Crippen molar-refractivity contribution < 1.29 is 14.3 Å². The maximum absolute atomic E-state index is 12.9. The molecule has 2 aromatic rings. The molecule has 28 heavy (non-hydrogen) atoms. The number of ether oxygens (including phenoxy) is 1. The van der Waals surface area contributed by atoms with Crippen molar-refractivity contribution >= 4 is 17.6 Å². The Morgan fingerprint density at radius 2 is 1.93 bits per heavy atom. The lowest BCUT2D eigenvalue weighted by Gasteiger charge is -2.32. The summed E-state index contributed by atoms with van der Waals surface area (Å²) in [5.41, 5.74) is 4.63. The third kappa shape index (κ3) is 4.78. The molecule has 5 nitrogen and oxygen atoms in total. The molecule has 1 aliphatic rings. The summed E-state index contributed by atoms with van der Waals surface area (Å²) in [7, 11) is 1.35. The normalized spacial score (nSPS) is 17.2. The number of hydrogen-bond donors (Lipinski definition) is 1. The zero-order chi connectivity index (χ0) is 20.1. The molecule has 1 unspecified atom stereocenters. The van der Waals surface area contributed by atoms with Crippen molar-refractivity contribution in [2.45, 2.75) is 33.2 Å². The van der Waals surface area contributed by atoms with Crippen LogP contribution < -0.4 is 5.32 Å². The van der Waals surface area contributed by atoms with Gasteiger partial charge in [0.2, 0.25) is 5.91 Å². The molecular formula is C23H28N2O3. The molecule has 1 aliphatic heterocycles. The molecule has 1 fully saturated rings. The van der Waals surface area contributed by atoms with Crippen LogP contribution in [0, 0.1) is 19.8 Å². The van der Waals surface area contributed by atoms with Gasteiger partial charge in [0.25, 0.3) is 0 Å². The minimum absolute atomic E-state index is 0.0135. The number of nitrogens with zero attached hydrogens (tertiary/aromatic N) is 1. The quantitative estimate of drug-likeness (QED) is 0.798. The van der Waals surface area contributed by atoms with Crippen LogP contribution in [0.1, 0.15) is 39.9 Å². The van der Waals surface area contributed by atoms with Gasteiger partial charge >= 0.3 is 5.97 Å². The lowest BCUT2D eigenvalue weighted by molar-refractivity contribution is -0.121. The molecule has 0 radical (unpaired) electrons. The highest BCUT2D eigenvalue weighted by molar-refractivity contribution is 5.96. The van der Waals surface area contributed by atoms with Gasteiger partial charge in [0.1, 0.15) is 0 Å². The molecule has 2 aromatic carbocycles. The van der Waals surface area contributed by atoms with Gasteiger partial charge in [-0.1, -0.05) is 30.3 Å². The Bertz CT molecular complexity index is 863. The molecule has 1 amide bonds. The fourth-order valence-corrected chi connectivity index (χ4v) is 3.68. The van der Waals surface area contributed by atoms with Gasteiger partial charge in [0.05, 0.1) is 18.6 Å². The molecular weight excluding hydrogens is 352 g/mol. The second kappa shape index (κ2) is 9.02. The molecule has 3 rings (SSSR count). The number of methoxy groups -OCH3 is 1. The summed E-state index contributed by atoms with van der Waals surface area (Å²) in [6, 6.07) is 13.6. The van der Waals surface area contributed by atoms with E-state index in [0.29, 0.717) is 11.3 Å². The molecule has 0 aromatic heterocycles. The third-order valence-electron chi connectivity index (χ3n) is 5.45. The SMILES string of the molecule is COC(=O)c1ccc(C)c(NC(=O)C2CCCN(Cc3ccccc3C)C2)c1. The van der Waals surface area contributed by atoms with Gasteiger partial charge in [-0.3, -0.25) is 9.69 Å². The fourth-order valence-electron chi connectivity index (χ4n) is 3.68. The number of amides is 1. The Balaban J connectivity index is 1.66. The van der Waals surface area contributed by atoms with Crippen molar-refractivity contribution in [3.8, 4) is 0 Å². The summed E-state index contributed by atoms with van der Waals surface area (Å²) >= 11 is 0. The third-order valence-corrected chi connectivity index (χ3v) is 5.45. The second-order valence-electron chi connectivity index (χ2n) is 7.51. The summed E-state index contributed by atoms with van der Waals surface area (Å²) < 4.78 is 4.77. The van der Waals surface area contributed by atoms with Crippen LogP contribution in [0.3, 0.4) is 0 Å². The number of piperidine rings is 1. The first-order valence-corrected chi connectivity index (χ1v) is 9.74. The van der Waals surface area contributed by atoms with Crippen molar-refractivity contribution in [1.29, 1.82) is 0 Å². The molecule has 1 saturated heterocycles. The number of likely N-dealkylation sites (tertiary alicyclic amines) is 1. The zero-order valence-electron chi connectivity index (χ0n) is 16.8. The summed E-state index contributed by atoms with van der Waals surface area (Å²) in [5, 5.41) is 3.02. The van der Waals surface area contributed by atoms with Gasteiger partial charge in [-0.2, -0.15) is 0 Å². The number of rotatable bonds is 5. The lowest BCUT2D eigenvalue weighted by atomic mass is 9.96. The van der Waals surface area contributed by atoms with Crippen LogP contribution in [0.25, 0.3) is 0 Å². The van der Waals surface area contributed by atoms with Crippen molar-refractivity contribution in [1.82, 2.24) is 4.90 Å². The van der Waals surface area contributed by atoms with E-state index in [1.165, 1.54) is 18.2 Å². The second-order valence-corrected chi connectivity index (χ2v) is 7.51. The number of aryl methyl sites for hydroxylation is 2. The van der Waals surface area contributed by atoms with Crippen LogP contribution in [-0.2, 0) is 16.1 Å². The minimum Gasteiger partial charge on any atom is -0.465 e. The average molecular weight is 380 g/mol. The molecule has 148 valence electrons. The predicted octanol–water partition coefficient (Wildman–Crippen LogP) is 3.94. The number of carbonyl (C=O) groups excluding carboxylic acids is 2. The topological polar surface area (TPSA) is 58.6 Å². The number of carbonyl (C=O) groups is 2. The Labute approximate surface area is 166 Å². The predicted molar refractivity (Wildman–Crippen MR) is 110 cm³/mol. The van der Waals surface area contributed by atoms with Gasteiger partial charge < -0.3 is 10.1 Å². The van der Waals surface area contributed by atoms with Crippen molar-refractivity contribution in [2.75, 3.05) is 25.5 Å². The smallest absolute Gasteiger partial charge is 0.337 e. The van der Waals surface area contributed by atoms with E-state index in [0.717, 1.165) is 38.0 Å². The molecule has 1 atom stereocenters. The summed E-state index contributed by atoms with van der Waals surface area (Å²) in [4.78, 5) is 27.0. The summed E-state index contributed by atoms with van der Waals surface area (Å²) in [5.74, 6) is -0.448. The van der Waals surface area contributed by atoms with E-state index in [2.05, 4.69) is 41.4 Å². The number of esters is 1. The van der Waals surface area contributed by atoms with Crippen LogP contribution in [0.4, 0.5) is 5.69 Å². The van der Waals surface area contributed by atoms with Crippen LogP contribution >= 0.6 is 0 Å². The number of hydrogen-bond acceptors (Lipinski definition) is 4. The first-order chi connectivity index (χ1) is 13.5. The van der Waals surface area contributed by atoms with Crippen LogP contribution in [0.2, 0.25) is 0 Å². The highest BCUT2D eigenvalue weighted by Gasteiger charge is 2.26. The fraction of sp³-hybridized carbons (Fsp3) is 0.391. The Hall–Kier alpha value is -2.66. The number of benzene rings is 2. The van der Waals surface area contributed by atoms with Gasteiger partial charge in [-0.25, -0.2) is 4.79 Å². The molecule has 0 aliphatic carbocycles. The average Bonchev–Trinajstić information content (AvgIpc) is 2.71. The van der Waals surface area contributed by atoms with E-state index < -0.39 is 5.97 Å². The van der Waals surface area contributed by atoms with Crippen molar-refractivity contribution in [2.24, 2.45) is 5.92 Å². The first-order valence-electron chi connectivity index (χ1n) is 9.74. The number of anilines is 1. The zero-order valence-corrected chi connectivity index (χ0v) is 16.8. The Kier molecular flexibility index (Phi) is 6.47. The summed E-state index contributed by atoms with van der Waals surface area (Å²) in [6.45, 7) is 6.67. The molecule has 1 N–H and O–H groups in total. The highest BCUT2D eigenvalue weighted by atomic mass is 16.5. The summed E-state index contributed by atoms with van der Waals surface area (Å²) in [6.07, 6.45) is 1.89. The molecule has 1 heterocycles. The van der Waals surface area contributed by atoms with Gasteiger partial charge in [0, 0.05) is 18.8 Å². The van der Waals surface area contributed by atoms with Crippen molar-refractivity contribution in [3.05, 3.63) is 64.7 Å². The highest BCUT2D eigenvalue weighted by Crippen LogP contribution is 2.23. The molecule has 0 saturated carbocycles. The Morgan fingerprint density at radius 1 is 1.14 bits per heavy atom. The maximum atomic E-state index is 12.9. The number of nitrogens with one attached hydrogen (secondary N) is 1. The largest absolute Gasteiger partial charge is 0.465 e. The van der Waals surface area contributed by atoms with E-state index in [4.69, 9.17) is 4.74 Å².